The second-order valence-electron chi connectivity index (χ2n) is 5.29. The number of halogens is 1. The lowest BCUT2D eigenvalue weighted by atomic mass is 10.1. The van der Waals surface area contributed by atoms with Crippen molar-refractivity contribution in [1.29, 1.82) is 0 Å². The molecule has 7 nitrogen and oxygen atoms in total. The summed E-state index contributed by atoms with van der Waals surface area (Å²) in [7, 11) is -3.17. The van der Waals surface area contributed by atoms with Crippen LogP contribution in [-0.4, -0.2) is 37.8 Å². The number of ether oxygens (including phenoxy) is 1. The summed E-state index contributed by atoms with van der Waals surface area (Å²) >= 11 is 0. The van der Waals surface area contributed by atoms with Gasteiger partial charge in [0.15, 0.2) is 15.9 Å². The molecule has 23 heavy (non-hydrogen) atoms. The quantitative estimate of drug-likeness (QED) is 0.759. The largest absolute Gasteiger partial charge is 0.481 e. The molecule has 0 aliphatic carbocycles. The number of sulfone groups is 1. The molecular weight excluding hydrogens is 327 g/mol. The maximum Gasteiger partial charge on any atom is 0.279 e. The number of carbonyl (C=O) groups is 2. The van der Waals surface area contributed by atoms with Crippen molar-refractivity contribution in [2.75, 3.05) is 11.5 Å². The van der Waals surface area contributed by atoms with Crippen molar-refractivity contribution in [2.24, 2.45) is 5.92 Å². The van der Waals surface area contributed by atoms with E-state index in [4.69, 9.17) is 4.74 Å². The molecule has 1 heterocycles. The smallest absolute Gasteiger partial charge is 0.279 e. The Balaban J connectivity index is 1.80. The van der Waals surface area contributed by atoms with Crippen LogP contribution in [0.4, 0.5) is 4.39 Å². The van der Waals surface area contributed by atoms with E-state index in [2.05, 4.69) is 10.9 Å². The van der Waals surface area contributed by atoms with Gasteiger partial charge in [0, 0.05) is 0 Å². The Morgan fingerprint density at radius 1 is 1.26 bits per heavy atom. The molecule has 0 radical (unpaired) electrons. The molecule has 9 heteroatoms. The molecule has 1 aliphatic heterocycles. The zero-order chi connectivity index (χ0) is 17.0. The molecule has 1 aromatic rings. The zero-order valence-corrected chi connectivity index (χ0v) is 13.2. The highest BCUT2D eigenvalue weighted by Gasteiger charge is 2.33. The highest BCUT2D eigenvalue weighted by molar-refractivity contribution is 7.91. The molecule has 1 fully saturated rings. The van der Waals surface area contributed by atoms with Crippen molar-refractivity contribution in [3.8, 4) is 5.75 Å². The van der Waals surface area contributed by atoms with Gasteiger partial charge in [-0.15, -0.1) is 0 Å². The van der Waals surface area contributed by atoms with Gasteiger partial charge in [0.05, 0.1) is 17.4 Å². The van der Waals surface area contributed by atoms with Gasteiger partial charge >= 0.3 is 0 Å². The van der Waals surface area contributed by atoms with Gasteiger partial charge in [0.25, 0.3) is 5.91 Å². The Hall–Kier alpha value is -2.16. The third-order valence-corrected chi connectivity index (χ3v) is 5.18. The number of rotatable bonds is 4. The molecule has 126 valence electrons. The van der Waals surface area contributed by atoms with E-state index in [0.29, 0.717) is 5.75 Å². The van der Waals surface area contributed by atoms with Crippen molar-refractivity contribution in [2.45, 2.75) is 19.4 Å². The highest BCUT2D eigenvalue weighted by Crippen LogP contribution is 2.18. The van der Waals surface area contributed by atoms with E-state index in [1.54, 1.807) is 0 Å². The van der Waals surface area contributed by atoms with Gasteiger partial charge in [-0.25, -0.2) is 12.8 Å². The lowest BCUT2D eigenvalue weighted by Gasteiger charge is -2.16. The van der Waals surface area contributed by atoms with Crippen LogP contribution in [0.25, 0.3) is 0 Å². The van der Waals surface area contributed by atoms with Crippen LogP contribution >= 0.6 is 0 Å². The number of hydrogen-bond acceptors (Lipinski definition) is 5. The Bertz CT molecular complexity index is 690. The fourth-order valence-corrected chi connectivity index (χ4v) is 3.84. The molecule has 2 N–H and O–H groups in total. The van der Waals surface area contributed by atoms with Crippen LogP contribution in [0.5, 0.6) is 5.75 Å². The second-order valence-corrected chi connectivity index (χ2v) is 7.52. The van der Waals surface area contributed by atoms with E-state index in [1.807, 2.05) is 0 Å². The monoisotopic (exact) mass is 344 g/mol. The minimum atomic E-state index is -3.17. The van der Waals surface area contributed by atoms with Crippen molar-refractivity contribution >= 4 is 21.7 Å². The van der Waals surface area contributed by atoms with E-state index in [-0.39, 0.29) is 17.9 Å². The molecule has 2 rings (SSSR count). The van der Waals surface area contributed by atoms with Crippen molar-refractivity contribution in [3.05, 3.63) is 30.1 Å². The maximum absolute atomic E-state index is 12.8. The van der Waals surface area contributed by atoms with Crippen LogP contribution in [0.1, 0.15) is 13.3 Å². The first-order valence-corrected chi connectivity index (χ1v) is 8.81. The topological polar surface area (TPSA) is 102 Å². The summed E-state index contributed by atoms with van der Waals surface area (Å²) in [5, 5.41) is 0. The van der Waals surface area contributed by atoms with Crippen LogP contribution < -0.4 is 15.6 Å². The summed E-state index contributed by atoms with van der Waals surface area (Å²) in [5.74, 6) is -2.17. The van der Waals surface area contributed by atoms with Gasteiger partial charge in [-0.3, -0.25) is 20.4 Å². The van der Waals surface area contributed by atoms with E-state index in [0.717, 1.165) is 0 Å². The number of amides is 2. The molecule has 2 atom stereocenters. The summed E-state index contributed by atoms with van der Waals surface area (Å²) in [6.07, 6.45) is -0.681. The summed E-state index contributed by atoms with van der Waals surface area (Å²) < 4.78 is 40.7. The lowest BCUT2D eigenvalue weighted by molar-refractivity contribution is -0.134. The second kappa shape index (κ2) is 6.95. The first-order chi connectivity index (χ1) is 10.8. The van der Waals surface area contributed by atoms with Gasteiger partial charge in [-0.1, -0.05) is 0 Å². The van der Waals surface area contributed by atoms with Gasteiger partial charge < -0.3 is 4.74 Å². The van der Waals surface area contributed by atoms with Crippen molar-refractivity contribution in [3.63, 3.8) is 0 Å². The SMILES string of the molecule is C[C@@H](Oc1ccc(F)cc1)C(=O)NNC(=O)[C@H]1CCS(=O)(=O)C1. The summed E-state index contributed by atoms with van der Waals surface area (Å²) in [6, 6.07) is 5.15. The highest BCUT2D eigenvalue weighted by atomic mass is 32.2. The third-order valence-electron chi connectivity index (χ3n) is 3.41. The molecule has 0 spiro atoms. The van der Waals surface area contributed by atoms with Crippen LogP contribution in [0.2, 0.25) is 0 Å². The van der Waals surface area contributed by atoms with Crippen LogP contribution in [0.3, 0.4) is 0 Å². The van der Waals surface area contributed by atoms with Gasteiger partial charge in [0.2, 0.25) is 5.91 Å². The van der Waals surface area contributed by atoms with Crippen LogP contribution in [0.15, 0.2) is 24.3 Å². The van der Waals surface area contributed by atoms with Crippen LogP contribution in [-0.2, 0) is 19.4 Å². The van der Waals surface area contributed by atoms with Crippen molar-refractivity contribution in [1.82, 2.24) is 10.9 Å². The third kappa shape index (κ3) is 4.92. The van der Waals surface area contributed by atoms with Gasteiger partial charge in [-0.2, -0.15) is 0 Å². The molecule has 0 unspecified atom stereocenters. The van der Waals surface area contributed by atoms with E-state index < -0.39 is 39.5 Å². The number of hydrazine groups is 1. The standard InChI is InChI=1S/C14H17FN2O5S/c1-9(22-12-4-2-11(15)3-5-12)13(18)16-17-14(19)10-6-7-23(20,21)8-10/h2-5,9-10H,6-8H2,1H3,(H,16,18)(H,17,19)/t9-,10+/m1/s1. The van der Waals surface area contributed by atoms with E-state index in [9.17, 15) is 22.4 Å². The molecule has 2 amide bonds. The van der Waals surface area contributed by atoms with Gasteiger partial charge in [0.1, 0.15) is 11.6 Å². The summed E-state index contributed by atoms with van der Waals surface area (Å²) in [5.41, 5.74) is 4.38. The Morgan fingerprint density at radius 2 is 1.91 bits per heavy atom. The molecule has 0 aromatic heterocycles. The molecule has 1 aromatic carbocycles. The van der Waals surface area contributed by atoms with E-state index >= 15 is 0 Å². The molecular formula is C14H17FN2O5S. The molecule has 1 saturated heterocycles. The average Bonchev–Trinajstić information content (AvgIpc) is 2.87. The first-order valence-electron chi connectivity index (χ1n) is 6.99. The Kier molecular flexibility index (Phi) is 5.19. The van der Waals surface area contributed by atoms with Gasteiger partial charge in [-0.05, 0) is 37.6 Å². The molecule has 1 aliphatic rings. The average molecular weight is 344 g/mol. The minimum Gasteiger partial charge on any atom is -0.481 e. The number of carbonyl (C=O) groups excluding carboxylic acids is 2. The summed E-state index contributed by atoms with van der Waals surface area (Å²) in [4.78, 5) is 23.6. The fraction of sp³-hybridized carbons (Fsp3) is 0.429. The van der Waals surface area contributed by atoms with Crippen LogP contribution in [0, 0.1) is 11.7 Å². The maximum atomic E-state index is 12.8. The van der Waals surface area contributed by atoms with E-state index in [1.165, 1.54) is 31.2 Å². The predicted octanol–water partition coefficient (Wildman–Crippen LogP) is 0.175. The lowest BCUT2D eigenvalue weighted by Crippen LogP contribution is -2.49. The minimum absolute atomic E-state index is 0.0247. The Labute approximate surface area is 133 Å². The predicted molar refractivity (Wildman–Crippen MR) is 79.5 cm³/mol. The summed E-state index contributed by atoms with van der Waals surface area (Å²) in [6.45, 7) is 1.46. The Morgan fingerprint density at radius 3 is 2.48 bits per heavy atom. The molecule has 0 saturated carbocycles. The zero-order valence-electron chi connectivity index (χ0n) is 12.4. The number of benzene rings is 1. The number of nitrogens with one attached hydrogen (secondary N) is 2. The molecule has 0 bridgehead atoms. The first kappa shape index (κ1) is 17.2. The van der Waals surface area contributed by atoms with Crippen molar-refractivity contribution < 1.29 is 27.1 Å². The fourth-order valence-electron chi connectivity index (χ4n) is 2.10. The number of hydrogen-bond donors (Lipinski definition) is 2. The normalized spacial score (nSPS) is 20.5.